The average molecular weight is 628 g/mol. The predicted molar refractivity (Wildman–Crippen MR) is 182 cm³/mol. The molecule has 4 aromatic carbocycles. The molecule has 47 heavy (non-hydrogen) atoms. The zero-order chi connectivity index (χ0) is 32.8. The molecule has 0 aliphatic heterocycles. The van der Waals surface area contributed by atoms with Gasteiger partial charge in [0.2, 0.25) is 0 Å². The van der Waals surface area contributed by atoms with Gasteiger partial charge in [0.1, 0.15) is 11.5 Å². The lowest BCUT2D eigenvalue weighted by Crippen LogP contribution is -2.22. The van der Waals surface area contributed by atoms with E-state index < -0.39 is 18.5 Å². The zero-order valence-electron chi connectivity index (χ0n) is 25.8. The number of esters is 1. The summed E-state index contributed by atoms with van der Waals surface area (Å²) in [5, 5.41) is 15.9. The van der Waals surface area contributed by atoms with Gasteiger partial charge < -0.3 is 25.2 Å². The van der Waals surface area contributed by atoms with Crippen molar-refractivity contribution < 1.29 is 29.0 Å². The molecule has 0 bridgehead atoms. The molecule has 1 heterocycles. The molecule has 1 aliphatic rings. The lowest BCUT2D eigenvalue weighted by Gasteiger charge is -2.22. The van der Waals surface area contributed by atoms with Crippen molar-refractivity contribution in [2.75, 3.05) is 23.8 Å². The average Bonchev–Trinajstić information content (AvgIpc) is 3.08. The van der Waals surface area contributed by atoms with E-state index in [1.807, 2.05) is 49.4 Å². The van der Waals surface area contributed by atoms with Crippen molar-refractivity contribution in [3.05, 3.63) is 125 Å². The Morgan fingerprint density at radius 3 is 2.30 bits per heavy atom. The van der Waals surface area contributed by atoms with Crippen molar-refractivity contribution in [1.82, 2.24) is 4.98 Å². The summed E-state index contributed by atoms with van der Waals surface area (Å²) in [5.41, 5.74) is 6.02. The highest BCUT2D eigenvalue weighted by atomic mass is 16.5. The molecule has 0 spiro atoms. The highest BCUT2D eigenvalue weighted by Gasteiger charge is 2.26. The summed E-state index contributed by atoms with van der Waals surface area (Å²) >= 11 is 0. The van der Waals surface area contributed by atoms with E-state index in [4.69, 9.17) is 14.5 Å². The second kappa shape index (κ2) is 14.0. The summed E-state index contributed by atoms with van der Waals surface area (Å²) in [7, 11) is 0. The number of pyridine rings is 1. The molecule has 1 aromatic heterocycles. The third-order valence-corrected chi connectivity index (χ3v) is 7.80. The number of allylic oxidation sites excluding steroid dienone is 1. The number of anilines is 2. The standard InChI is InChI=1S/C38H33N3O6/c1-2-46-30-20-16-28(17-21-30)40-37(44)25-12-14-27(15-13-25)39-34(43)23-47-38(45)35-31-7-3-4-9-33(31)41-36-26(6-5-8-32(35)36)22-24-10-18-29(42)19-11-24/h3-4,7,9-22,42H,2,5-6,8,23H2,1H3,(H,39,43)(H,40,44)/b26-22-. The SMILES string of the molecule is CCOc1ccc(NC(=O)c2ccc(NC(=O)COC(=O)c3c4c(nc5ccccc35)/C(=C\c3ccc(O)cc3)CCC4)cc2)cc1. The molecule has 9 heteroatoms. The van der Waals surface area contributed by atoms with Gasteiger partial charge in [-0.05, 0) is 116 Å². The van der Waals surface area contributed by atoms with Crippen LogP contribution in [0.4, 0.5) is 11.4 Å². The molecular formula is C38H33N3O6. The minimum atomic E-state index is -0.595. The Kier molecular flexibility index (Phi) is 9.24. The number of aromatic nitrogens is 1. The van der Waals surface area contributed by atoms with Gasteiger partial charge in [0.25, 0.3) is 11.8 Å². The van der Waals surface area contributed by atoms with Crippen molar-refractivity contribution in [2.45, 2.75) is 26.2 Å². The second-order valence-electron chi connectivity index (χ2n) is 11.1. The van der Waals surface area contributed by atoms with Crippen LogP contribution < -0.4 is 15.4 Å². The van der Waals surface area contributed by atoms with Crippen LogP contribution in [0.15, 0.2) is 97.1 Å². The Labute approximate surface area is 271 Å². The van der Waals surface area contributed by atoms with Crippen LogP contribution in [-0.2, 0) is 16.0 Å². The predicted octanol–water partition coefficient (Wildman–Crippen LogP) is 7.26. The van der Waals surface area contributed by atoms with Crippen LogP contribution in [0.2, 0.25) is 0 Å². The van der Waals surface area contributed by atoms with E-state index in [1.54, 1.807) is 60.7 Å². The van der Waals surface area contributed by atoms with Crippen LogP contribution in [0, 0.1) is 0 Å². The molecule has 9 nitrogen and oxygen atoms in total. The number of ether oxygens (including phenoxy) is 2. The maximum absolute atomic E-state index is 13.6. The van der Waals surface area contributed by atoms with Crippen molar-refractivity contribution in [3.8, 4) is 11.5 Å². The van der Waals surface area contributed by atoms with Crippen molar-refractivity contribution in [3.63, 3.8) is 0 Å². The Hall–Kier alpha value is -5.96. The van der Waals surface area contributed by atoms with Gasteiger partial charge >= 0.3 is 5.97 Å². The largest absolute Gasteiger partial charge is 0.508 e. The first-order chi connectivity index (χ1) is 22.9. The topological polar surface area (TPSA) is 127 Å². The summed E-state index contributed by atoms with van der Waals surface area (Å²) in [6, 6.07) is 27.8. The Morgan fingerprint density at radius 1 is 0.851 bits per heavy atom. The molecule has 2 amide bonds. The molecule has 0 atom stereocenters. The first kappa shape index (κ1) is 31.0. The molecule has 3 N–H and O–H groups in total. The number of carbonyl (C=O) groups is 3. The van der Waals surface area contributed by atoms with E-state index in [1.165, 1.54) is 0 Å². The number of hydrogen-bond acceptors (Lipinski definition) is 7. The third-order valence-electron chi connectivity index (χ3n) is 7.80. The monoisotopic (exact) mass is 627 g/mol. The fourth-order valence-electron chi connectivity index (χ4n) is 5.59. The quantitative estimate of drug-likeness (QED) is 0.147. The molecule has 0 fully saturated rings. The number of nitrogens with one attached hydrogen (secondary N) is 2. The number of aromatic hydroxyl groups is 1. The summed E-state index contributed by atoms with van der Waals surface area (Å²) in [6.45, 7) is 1.98. The summed E-state index contributed by atoms with van der Waals surface area (Å²) in [5.74, 6) is -0.491. The Morgan fingerprint density at radius 2 is 1.55 bits per heavy atom. The van der Waals surface area contributed by atoms with Gasteiger partial charge in [0.15, 0.2) is 6.61 Å². The number of amides is 2. The van der Waals surface area contributed by atoms with E-state index in [2.05, 4.69) is 10.6 Å². The molecule has 0 saturated heterocycles. The number of rotatable bonds is 9. The highest BCUT2D eigenvalue weighted by Crippen LogP contribution is 2.36. The zero-order valence-corrected chi connectivity index (χ0v) is 25.8. The van der Waals surface area contributed by atoms with Gasteiger partial charge in [-0.15, -0.1) is 0 Å². The van der Waals surface area contributed by atoms with Crippen LogP contribution in [0.1, 0.15) is 57.3 Å². The first-order valence-electron chi connectivity index (χ1n) is 15.4. The molecular weight excluding hydrogens is 594 g/mol. The van der Waals surface area contributed by atoms with E-state index in [0.29, 0.717) is 46.4 Å². The van der Waals surface area contributed by atoms with E-state index >= 15 is 0 Å². The lowest BCUT2D eigenvalue weighted by atomic mass is 9.86. The third kappa shape index (κ3) is 7.31. The van der Waals surface area contributed by atoms with E-state index in [-0.39, 0.29) is 11.7 Å². The molecule has 0 unspecified atom stereocenters. The minimum Gasteiger partial charge on any atom is -0.508 e. The fourth-order valence-corrected chi connectivity index (χ4v) is 5.59. The summed E-state index contributed by atoms with van der Waals surface area (Å²) in [4.78, 5) is 44.0. The van der Waals surface area contributed by atoms with Gasteiger partial charge in [-0.2, -0.15) is 0 Å². The number of phenolic OH excluding ortho intramolecular Hbond substituents is 1. The smallest absolute Gasteiger partial charge is 0.339 e. The molecule has 5 aromatic rings. The maximum Gasteiger partial charge on any atom is 0.339 e. The second-order valence-corrected chi connectivity index (χ2v) is 11.1. The molecule has 0 radical (unpaired) electrons. The van der Waals surface area contributed by atoms with Crippen LogP contribution in [-0.4, -0.2) is 41.1 Å². The Bertz CT molecular complexity index is 1970. The fraction of sp³-hybridized carbons (Fsp3) is 0.158. The van der Waals surface area contributed by atoms with Gasteiger partial charge in [-0.25, -0.2) is 9.78 Å². The molecule has 6 rings (SSSR count). The van der Waals surface area contributed by atoms with Crippen molar-refractivity contribution in [1.29, 1.82) is 0 Å². The Balaban J connectivity index is 1.13. The molecule has 1 aliphatic carbocycles. The van der Waals surface area contributed by atoms with Crippen LogP contribution >= 0.6 is 0 Å². The van der Waals surface area contributed by atoms with Crippen molar-refractivity contribution in [2.24, 2.45) is 0 Å². The number of phenols is 1. The number of carbonyl (C=O) groups excluding carboxylic acids is 3. The minimum absolute atomic E-state index is 0.190. The van der Waals surface area contributed by atoms with Gasteiger partial charge in [-0.1, -0.05) is 30.3 Å². The summed E-state index contributed by atoms with van der Waals surface area (Å²) < 4.78 is 11.0. The maximum atomic E-state index is 13.6. The first-order valence-corrected chi connectivity index (χ1v) is 15.4. The highest BCUT2D eigenvalue weighted by molar-refractivity contribution is 6.08. The molecule has 236 valence electrons. The van der Waals surface area contributed by atoms with Gasteiger partial charge in [-0.3, -0.25) is 9.59 Å². The summed E-state index contributed by atoms with van der Waals surface area (Å²) in [6.07, 6.45) is 4.29. The number of nitrogens with zero attached hydrogens (tertiary/aromatic N) is 1. The van der Waals surface area contributed by atoms with Gasteiger partial charge in [0, 0.05) is 22.3 Å². The van der Waals surface area contributed by atoms with Crippen LogP contribution in [0.5, 0.6) is 11.5 Å². The van der Waals surface area contributed by atoms with E-state index in [9.17, 15) is 19.5 Å². The van der Waals surface area contributed by atoms with Crippen LogP contribution in [0.25, 0.3) is 22.6 Å². The number of hydrogen-bond donors (Lipinski definition) is 3. The number of para-hydroxylation sites is 1. The van der Waals surface area contributed by atoms with Crippen molar-refractivity contribution >= 4 is 51.7 Å². The number of fused-ring (bicyclic) bond motifs is 2. The lowest BCUT2D eigenvalue weighted by molar-refractivity contribution is -0.119. The van der Waals surface area contributed by atoms with E-state index in [0.717, 1.165) is 41.0 Å². The van der Waals surface area contributed by atoms with Crippen LogP contribution in [0.3, 0.4) is 0 Å². The molecule has 0 saturated carbocycles. The normalized spacial score (nSPS) is 13.1. The van der Waals surface area contributed by atoms with Gasteiger partial charge in [0.05, 0.1) is 23.4 Å². The number of benzene rings is 4.